The van der Waals surface area contributed by atoms with Crippen molar-refractivity contribution < 1.29 is 33.1 Å². The molecule has 1 aromatic heterocycles. The van der Waals surface area contributed by atoms with Crippen molar-refractivity contribution in [2.45, 2.75) is 71.6 Å². The number of nitriles is 1. The van der Waals surface area contributed by atoms with Crippen molar-refractivity contribution in [1.29, 1.82) is 5.26 Å². The van der Waals surface area contributed by atoms with Crippen LogP contribution in [-0.4, -0.2) is 114 Å². The van der Waals surface area contributed by atoms with Crippen molar-refractivity contribution in [3.63, 3.8) is 0 Å². The lowest BCUT2D eigenvalue weighted by Crippen LogP contribution is -2.74. The number of aromatic nitrogens is 2. The molecule has 2 aromatic carbocycles. The maximum atomic E-state index is 15.5. The molecule has 0 spiro atoms. The van der Waals surface area contributed by atoms with Crippen LogP contribution in [-0.2, 0) is 9.59 Å². The SMILES string of the molecule is CC1(C)C(NC(=O)c2ccc(N3CCC(CN4CCN(c5cc6c(cc5F)C(=O)N(C5CCC(=O)NC5=O)C6=O)CC4)CC3)nn2)C(C)(C)C1Oc1ccc(C#N)c(Cl)c1. The van der Waals surface area contributed by atoms with Gasteiger partial charge >= 0.3 is 0 Å². The summed E-state index contributed by atoms with van der Waals surface area (Å²) in [6.07, 6.45) is 1.72. The maximum absolute atomic E-state index is 15.5. The van der Waals surface area contributed by atoms with Gasteiger partial charge in [-0.15, -0.1) is 10.2 Å². The molecule has 5 heterocycles. The van der Waals surface area contributed by atoms with Crippen molar-refractivity contribution >= 4 is 52.6 Å². The second-order valence-corrected chi connectivity index (χ2v) is 18.0. The van der Waals surface area contributed by atoms with Crippen molar-refractivity contribution in [3.8, 4) is 11.8 Å². The number of amides is 5. The number of nitrogens with zero attached hydrogens (tertiary/aromatic N) is 7. The van der Waals surface area contributed by atoms with E-state index in [9.17, 15) is 29.2 Å². The van der Waals surface area contributed by atoms with Gasteiger partial charge < -0.3 is 19.9 Å². The van der Waals surface area contributed by atoms with Gasteiger partial charge in [0.15, 0.2) is 11.5 Å². The van der Waals surface area contributed by atoms with Crippen LogP contribution in [0, 0.1) is 33.9 Å². The van der Waals surface area contributed by atoms with E-state index < -0.39 is 46.3 Å². The molecule has 60 heavy (non-hydrogen) atoms. The first-order valence-electron chi connectivity index (χ1n) is 20.3. The first-order valence-corrected chi connectivity index (χ1v) is 20.7. The number of imide groups is 2. The monoisotopic (exact) mass is 839 g/mol. The van der Waals surface area contributed by atoms with Gasteiger partial charge in [-0.2, -0.15) is 5.26 Å². The number of piperidine rings is 2. The van der Waals surface area contributed by atoms with E-state index in [2.05, 4.69) is 36.7 Å². The predicted octanol–water partition coefficient (Wildman–Crippen LogP) is 4.19. The third kappa shape index (κ3) is 7.42. The first-order chi connectivity index (χ1) is 28.6. The van der Waals surface area contributed by atoms with E-state index in [-0.39, 0.29) is 53.4 Å². The van der Waals surface area contributed by atoms with E-state index >= 15 is 4.39 Å². The second kappa shape index (κ2) is 15.7. The molecule has 0 bridgehead atoms. The number of rotatable bonds is 9. The van der Waals surface area contributed by atoms with Crippen LogP contribution in [0.4, 0.5) is 15.9 Å². The molecule has 5 aliphatic rings. The summed E-state index contributed by atoms with van der Waals surface area (Å²) in [5.41, 5.74) is 0.0155. The molecule has 1 atom stereocenters. The van der Waals surface area contributed by atoms with Crippen LogP contribution in [0.25, 0.3) is 0 Å². The predicted molar refractivity (Wildman–Crippen MR) is 218 cm³/mol. The van der Waals surface area contributed by atoms with Crippen LogP contribution in [0.2, 0.25) is 5.02 Å². The molecule has 15 nitrogen and oxygen atoms in total. The number of benzene rings is 2. The number of hydrogen-bond acceptors (Lipinski definition) is 12. The lowest BCUT2D eigenvalue weighted by molar-refractivity contribution is -0.164. The standard InChI is InChI=1S/C43H47ClFN9O6/c1-42(2)40(43(3,4)41(42)60-26-6-5-25(22-46)29(44)19-26)48-36(56)31-7-9-34(50-49-31)53-13-11-24(12-14-53)23-51-15-17-52(18-16-51)33-21-28-27(20-30(33)45)38(58)54(39(28)59)32-8-10-35(55)47-37(32)57/h5-7,9,19-21,24,32,40-41H,8,10-18,23H2,1-4H3,(H,48,56)(H,47,55,57). The van der Waals surface area contributed by atoms with Crippen molar-refractivity contribution in [3.05, 3.63) is 75.7 Å². The summed E-state index contributed by atoms with van der Waals surface area (Å²) in [6.45, 7) is 13.2. The zero-order chi connectivity index (χ0) is 42.7. The fourth-order valence-electron chi connectivity index (χ4n) is 10.0. The van der Waals surface area contributed by atoms with Gasteiger partial charge in [-0.05, 0) is 61.6 Å². The van der Waals surface area contributed by atoms with Crippen LogP contribution >= 0.6 is 11.6 Å². The Labute approximate surface area is 352 Å². The van der Waals surface area contributed by atoms with E-state index in [1.807, 2.05) is 38.7 Å². The summed E-state index contributed by atoms with van der Waals surface area (Å²) >= 11 is 6.23. The number of carbonyl (C=O) groups is 5. The molecule has 314 valence electrons. The van der Waals surface area contributed by atoms with Gasteiger partial charge in [-0.25, -0.2) is 4.39 Å². The summed E-state index contributed by atoms with van der Waals surface area (Å²) in [5.74, 6) is -1.72. The van der Waals surface area contributed by atoms with E-state index in [4.69, 9.17) is 16.3 Å². The van der Waals surface area contributed by atoms with E-state index in [1.54, 1.807) is 24.3 Å². The Hall–Kier alpha value is -5.66. The molecule has 5 amide bonds. The van der Waals surface area contributed by atoms with Crippen LogP contribution < -0.4 is 25.2 Å². The molecule has 1 saturated carbocycles. The van der Waals surface area contributed by atoms with Crippen LogP contribution in [0.1, 0.15) is 90.1 Å². The van der Waals surface area contributed by atoms with Crippen LogP contribution in [0.5, 0.6) is 5.75 Å². The molecule has 2 N–H and O–H groups in total. The fourth-order valence-corrected chi connectivity index (χ4v) is 10.2. The minimum absolute atomic E-state index is 0.00985. The normalized spacial score (nSPS) is 24.1. The average Bonchev–Trinajstić information content (AvgIpc) is 3.46. The van der Waals surface area contributed by atoms with E-state index in [0.717, 1.165) is 43.4 Å². The van der Waals surface area contributed by atoms with Gasteiger partial charge in [0, 0.05) is 75.2 Å². The number of hydrogen-bond donors (Lipinski definition) is 2. The molecular formula is C43H47ClFN9O6. The lowest BCUT2D eigenvalue weighted by Gasteiger charge is -2.63. The minimum atomic E-state index is -1.11. The number of fused-ring (bicyclic) bond motifs is 1. The molecule has 1 unspecified atom stereocenters. The summed E-state index contributed by atoms with van der Waals surface area (Å²) < 4.78 is 21.8. The summed E-state index contributed by atoms with van der Waals surface area (Å²) in [5, 5.41) is 23.6. The van der Waals surface area contributed by atoms with Crippen molar-refractivity contribution in [1.82, 2.24) is 30.6 Å². The number of halogens is 2. The third-order valence-corrected chi connectivity index (χ3v) is 13.3. The highest BCUT2D eigenvalue weighted by molar-refractivity contribution is 6.31. The van der Waals surface area contributed by atoms with Gasteiger partial charge in [0.25, 0.3) is 17.7 Å². The second-order valence-electron chi connectivity index (χ2n) is 17.6. The molecule has 1 aliphatic carbocycles. The Kier molecular flexibility index (Phi) is 10.8. The molecule has 4 aliphatic heterocycles. The number of carbonyl (C=O) groups excluding carboxylic acids is 5. The topological polar surface area (TPSA) is 181 Å². The molecule has 3 aromatic rings. The highest BCUT2D eigenvalue weighted by Gasteiger charge is 2.64. The fraction of sp³-hybridized carbons (Fsp3) is 0.488. The number of nitrogens with one attached hydrogen (secondary N) is 2. The summed E-state index contributed by atoms with van der Waals surface area (Å²) in [4.78, 5) is 71.2. The first kappa shape index (κ1) is 41.1. The van der Waals surface area contributed by atoms with E-state index in [1.165, 1.54) is 6.07 Å². The van der Waals surface area contributed by atoms with Gasteiger partial charge in [0.1, 0.15) is 29.8 Å². The summed E-state index contributed by atoms with van der Waals surface area (Å²) in [7, 11) is 0. The Morgan fingerprint density at radius 1 is 0.917 bits per heavy atom. The number of anilines is 2. The Balaban J connectivity index is 0.800. The molecule has 3 saturated heterocycles. The Morgan fingerprint density at radius 3 is 2.22 bits per heavy atom. The van der Waals surface area contributed by atoms with Crippen LogP contribution in [0.15, 0.2) is 42.5 Å². The zero-order valence-corrected chi connectivity index (χ0v) is 34.7. The smallest absolute Gasteiger partial charge is 0.272 e. The zero-order valence-electron chi connectivity index (χ0n) is 34.0. The Bertz CT molecular complexity index is 2280. The van der Waals surface area contributed by atoms with E-state index in [0.29, 0.717) is 54.3 Å². The molecular weight excluding hydrogens is 793 g/mol. The van der Waals surface area contributed by atoms with Gasteiger partial charge in [0.2, 0.25) is 11.8 Å². The highest BCUT2D eigenvalue weighted by Crippen LogP contribution is 2.55. The largest absolute Gasteiger partial charge is 0.489 e. The highest BCUT2D eigenvalue weighted by atomic mass is 35.5. The summed E-state index contributed by atoms with van der Waals surface area (Å²) in [6, 6.07) is 11.8. The molecule has 17 heteroatoms. The van der Waals surface area contributed by atoms with Crippen molar-refractivity contribution in [2.24, 2.45) is 16.7 Å². The van der Waals surface area contributed by atoms with Gasteiger partial charge in [-0.3, -0.25) is 39.1 Å². The minimum Gasteiger partial charge on any atom is -0.489 e. The Morgan fingerprint density at radius 2 is 1.60 bits per heavy atom. The third-order valence-electron chi connectivity index (χ3n) is 13.0. The van der Waals surface area contributed by atoms with Gasteiger partial charge in [0.05, 0.1) is 27.4 Å². The van der Waals surface area contributed by atoms with Crippen LogP contribution in [0.3, 0.4) is 0 Å². The quantitative estimate of drug-likeness (QED) is 0.294. The number of piperazine rings is 1. The van der Waals surface area contributed by atoms with Gasteiger partial charge in [-0.1, -0.05) is 39.3 Å². The van der Waals surface area contributed by atoms with Crippen molar-refractivity contribution in [2.75, 3.05) is 55.6 Å². The lowest BCUT2D eigenvalue weighted by atomic mass is 9.49. The molecule has 0 radical (unpaired) electrons. The average molecular weight is 840 g/mol. The molecule has 8 rings (SSSR count). The molecule has 4 fully saturated rings. The number of ether oxygens (including phenoxy) is 1. The maximum Gasteiger partial charge on any atom is 0.272 e.